The molecule has 0 bridgehead atoms. The van der Waals surface area contributed by atoms with Crippen LogP contribution in [0.25, 0.3) is 10.8 Å². The van der Waals surface area contributed by atoms with Gasteiger partial charge in [0.1, 0.15) is 5.69 Å². The Morgan fingerprint density at radius 2 is 1.70 bits per heavy atom. The maximum atomic E-state index is 13.1. The number of hydrazone groups is 1. The summed E-state index contributed by atoms with van der Waals surface area (Å²) in [7, 11) is 0. The first-order valence-electron chi connectivity index (χ1n) is 9.94. The molecule has 33 heavy (non-hydrogen) atoms. The Kier molecular flexibility index (Phi) is 6.70. The van der Waals surface area contributed by atoms with Crippen molar-refractivity contribution in [1.82, 2.24) is 20.9 Å². The molecule has 0 fully saturated rings. The second-order valence-electron chi connectivity index (χ2n) is 7.05. The molecule has 0 spiro atoms. The lowest BCUT2D eigenvalue weighted by molar-refractivity contribution is -0.123. The number of amides is 2. The van der Waals surface area contributed by atoms with Crippen LogP contribution in [0.5, 0.6) is 0 Å². The third kappa shape index (κ3) is 5.21. The summed E-state index contributed by atoms with van der Waals surface area (Å²) in [5.74, 6) is -1.08. The van der Waals surface area contributed by atoms with Crippen LogP contribution in [0, 0.1) is 0 Å². The van der Waals surface area contributed by atoms with Gasteiger partial charge in [-0.25, -0.2) is 10.5 Å². The second kappa shape index (κ2) is 10.0. The summed E-state index contributed by atoms with van der Waals surface area (Å²) >= 11 is 3.38. The summed E-state index contributed by atoms with van der Waals surface area (Å²) in [6.45, 7) is 0. The van der Waals surface area contributed by atoms with Crippen LogP contribution in [-0.2, 0) is 4.79 Å². The van der Waals surface area contributed by atoms with Gasteiger partial charge in [-0.3, -0.25) is 14.4 Å². The minimum Gasteiger partial charge on any atom is -0.335 e. The SMILES string of the molecule is O=C(N[C@@H](C(=O)NN=Cc1cccc(Br)c1)c1n[nH]c(=O)c2ccccc12)c1ccccc1. The first kappa shape index (κ1) is 22.1. The van der Waals surface area contributed by atoms with Crippen LogP contribution in [0.15, 0.2) is 93.2 Å². The van der Waals surface area contributed by atoms with Crippen molar-refractivity contribution in [2.24, 2.45) is 5.10 Å². The van der Waals surface area contributed by atoms with Gasteiger partial charge in [-0.05, 0) is 35.9 Å². The first-order chi connectivity index (χ1) is 16.0. The Morgan fingerprint density at radius 1 is 0.970 bits per heavy atom. The van der Waals surface area contributed by atoms with Crippen molar-refractivity contribution in [1.29, 1.82) is 0 Å². The first-order valence-corrected chi connectivity index (χ1v) is 10.7. The average Bonchev–Trinajstić information content (AvgIpc) is 2.84. The average molecular weight is 504 g/mol. The number of nitrogens with one attached hydrogen (secondary N) is 3. The van der Waals surface area contributed by atoms with E-state index in [1.54, 1.807) is 54.6 Å². The molecule has 1 atom stereocenters. The van der Waals surface area contributed by atoms with E-state index in [4.69, 9.17) is 0 Å². The van der Waals surface area contributed by atoms with Gasteiger partial charge >= 0.3 is 0 Å². The molecule has 1 aromatic heterocycles. The molecule has 0 saturated heterocycles. The van der Waals surface area contributed by atoms with E-state index in [0.29, 0.717) is 16.3 Å². The van der Waals surface area contributed by atoms with Crippen LogP contribution in [-0.4, -0.2) is 28.2 Å². The number of nitrogens with zero attached hydrogens (tertiary/aromatic N) is 2. The van der Waals surface area contributed by atoms with Crippen LogP contribution in [0.1, 0.15) is 27.7 Å². The second-order valence-corrected chi connectivity index (χ2v) is 7.96. The van der Waals surface area contributed by atoms with E-state index in [9.17, 15) is 14.4 Å². The van der Waals surface area contributed by atoms with E-state index in [2.05, 4.69) is 42.0 Å². The van der Waals surface area contributed by atoms with Crippen molar-refractivity contribution in [3.05, 3.63) is 111 Å². The predicted octanol–water partition coefficient (Wildman–Crippen LogP) is 3.31. The lowest BCUT2D eigenvalue weighted by Crippen LogP contribution is -2.40. The van der Waals surface area contributed by atoms with Gasteiger partial charge in [-0.1, -0.05) is 64.5 Å². The molecule has 0 saturated carbocycles. The van der Waals surface area contributed by atoms with Crippen molar-refractivity contribution in [3.8, 4) is 0 Å². The summed E-state index contributed by atoms with van der Waals surface area (Å²) in [4.78, 5) is 38.1. The number of fused-ring (bicyclic) bond motifs is 1. The fourth-order valence-electron chi connectivity index (χ4n) is 3.24. The largest absolute Gasteiger partial charge is 0.335 e. The highest BCUT2D eigenvalue weighted by Gasteiger charge is 2.27. The number of carbonyl (C=O) groups is 2. The zero-order chi connectivity index (χ0) is 23.2. The molecule has 164 valence electrons. The summed E-state index contributed by atoms with van der Waals surface area (Å²) in [5.41, 5.74) is 3.40. The molecule has 9 heteroatoms. The smallest absolute Gasteiger partial charge is 0.272 e. The Morgan fingerprint density at radius 3 is 2.45 bits per heavy atom. The molecule has 3 aromatic carbocycles. The maximum absolute atomic E-state index is 13.1. The third-order valence-corrected chi connectivity index (χ3v) is 5.30. The molecule has 2 amide bonds. The third-order valence-electron chi connectivity index (χ3n) is 4.81. The van der Waals surface area contributed by atoms with Crippen LogP contribution in [0.3, 0.4) is 0 Å². The molecule has 0 aliphatic carbocycles. The number of aromatic amines is 1. The number of H-pyrrole nitrogens is 1. The van der Waals surface area contributed by atoms with Gasteiger partial charge in [0.25, 0.3) is 17.4 Å². The highest BCUT2D eigenvalue weighted by atomic mass is 79.9. The van der Waals surface area contributed by atoms with Crippen molar-refractivity contribution in [3.63, 3.8) is 0 Å². The van der Waals surface area contributed by atoms with Gasteiger partial charge in [0.05, 0.1) is 11.6 Å². The molecule has 8 nitrogen and oxygen atoms in total. The van der Waals surface area contributed by atoms with Crippen molar-refractivity contribution < 1.29 is 9.59 Å². The predicted molar refractivity (Wildman–Crippen MR) is 129 cm³/mol. The number of rotatable bonds is 6. The molecular weight excluding hydrogens is 486 g/mol. The van der Waals surface area contributed by atoms with Gasteiger partial charge < -0.3 is 5.32 Å². The van der Waals surface area contributed by atoms with Crippen LogP contribution >= 0.6 is 15.9 Å². The number of aromatic nitrogens is 2. The molecule has 1 heterocycles. The lowest BCUT2D eigenvalue weighted by Gasteiger charge is -2.18. The van der Waals surface area contributed by atoms with Crippen molar-refractivity contribution in [2.45, 2.75) is 6.04 Å². The standard InChI is InChI=1S/C24H18BrN5O3/c25-17-10-6-7-15(13-17)14-26-29-24(33)21(27-22(31)16-8-2-1-3-9-16)20-18-11-4-5-12-19(18)23(32)30-28-20/h1-14,21H,(H,27,31)(H,29,33)(H,30,32)/t21-/m1/s1. The van der Waals surface area contributed by atoms with E-state index in [0.717, 1.165) is 10.0 Å². The summed E-state index contributed by atoms with van der Waals surface area (Å²) in [6, 6.07) is 21.4. The minimum absolute atomic E-state index is 0.199. The van der Waals surface area contributed by atoms with Crippen LogP contribution < -0.4 is 16.3 Å². The minimum atomic E-state index is -1.21. The van der Waals surface area contributed by atoms with E-state index in [1.807, 2.05) is 24.3 Å². The topological polar surface area (TPSA) is 116 Å². The Balaban J connectivity index is 1.67. The van der Waals surface area contributed by atoms with Gasteiger partial charge in [-0.15, -0.1) is 0 Å². The van der Waals surface area contributed by atoms with Gasteiger partial charge in [-0.2, -0.15) is 10.2 Å². The van der Waals surface area contributed by atoms with E-state index < -0.39 is 23.4 Å². The normalized spacial score (nSPS) is 11.9. The van der Waals surface area contributed by atoms with Crippen molar-refractivity contribution in [2.75, 3.05) is 0 Å². The highest BCUT2D eigenvalue weighted by Crippen LogP contribution is 2.20. The van der Waals surface area contributed by atoms with Crippen molar-refractivity contribution >= 4 is 44.7 Å². The summed E-state index contributed by atoms with van der Waals surface area (Å²) in [5, 5.41) is 14.0. The Labute approximate surface area is 196 Å². The van der Waals surface area contributed by atoms with Crippen LogP contribution in [0.2, 0.25) is 0 Å². The summed E-state index contributed by atoms with van der Waals surface area (Å²) in [6.07, 6.45) is 1.48. The lowest BCUT2D eigenvalue weighted by atomic mass is 10.0. The molecule has 0 unspecified atom stereocenters. The zero-order valence-electron chi connectivity index (χ0n) is 17.2. The maximum Gasteiger partial charge on any atom is 0.272 e. The number of benzene rings is 3. The molecule has 4 aromatic rings. The highest BCUT2D eigenvalue weighted by molar-refractivity contribution is 9.10. The Bertz CT molecular complexity index is 1400. The molecule has 4 rings (SSSR count). The van der Waals surface area contributed by atoms with E-state index in [-0.39, 0.29) is 5.69 Å². The number of hydrogen-bond donors (Lipinski definition) is 3. The molecular formula is C24H18BrN5O3. The monoisotopic (exact) mass is 503 g/mol. The fraction of sp³-hybridized carbons (Fsp3) is 0.0417. The van der Waals surface area contributed by atoms with E-state index >= 15 is 0 Å². The number of halogens is 1. The van der Waals surface area contributed by atoms with E-state index in [1.165, 1.54) is 6.21 Å². The molecule has 0 radical (unpaired) electrons. The quantitative estimate of drug-likeness (QED) is 0.276. The zero-order valence-corrected chi connectivity index (χ0v) is 18.7. The van der Waals surface area contributed by atoms with Gasteiger partial charge in [0, 0.05) is 15.4 Å². The van der Waals surface area contributed by atoms with Gasteiger partial charge in [0.2, 0.25) is 0 Å². The van der Waals surface area contributed by atoms with Crippen LogP contribution in [0.4, 0.5) is 0 Å². The Hall–Kier alpha value is -4.11. The fourth-order valence-corrected chi connectivity index (χ4v) is 3.66. The number of carbonyl (C=O) groups excluding carboxylic acids is 2. The molecule has 0 aliphatic rings. The van der Waals surface area contributed by atoms with Gasteiger partial charge in [0.15, 0.2) is 6.04 Å². The number of hydrogen-bond acceptors (Lipinski definition) is 5. The summed E-state index contributed by atoms with van der Waals surface area (Å²) < 4.78 is 0.870. The molecule has 0 aliphatic heterocycles. The molecule has 3 N–H and O–H groups in total.